The highest BCUT2D eigenvalue weighted by atomic mass is 19.4. The molecular weight excluding hydrogens is 1140 g/mol. The average Bonchev–Trinajstić information content (AvgIpc) is 3.42. The Morgan fingerprint density at radius 1 is 0.351 bits per heavy atom. The third-order valence-electron chi connectivity index (χ3n) is 4.40. The van der Waals surface area contributed by atoms with Gasteiger partial charge in [-0.15, -0.1) is 59.2 Å². The maximum absolute atomic E-state index is 12.1. The topological polar surface area (TPSA) is 27.7 Å². The third-order valence-corrected chi connectivity index (χ3v) is 4.40. The van der Waals surface area contributed by atoms with Gasteiger partial charge in [0.25, 0.3) is 29.6 Å². The van der Waals surface area contributed by atoms with Crippen molar-refractivity contribution in [2.75, 3.05) is 109 Å². The second kappa shape index (κ2) is 77.7. The first-order valence-electron chi connectivity index (χ1n) is 18.8. The first-order chi connectivity index (χ1) is 35.3. The van der Waals surface area contributed by atoms with E-state index in [9.17, 15) is 127 Å². The molecule has 0 aliphatic carbocycles. The van der Waals surface area contributed by atoms with E-state index in [-0.39, 0.29) is 44.7 Å². The number of rotatable bonds is 20. The minimum atomic E-state index is -5.38. The molecule has 0 unspecified atom stereocenters. The van der Waals surface area contributed by atoms with Crippen LogP contribution in [0.25, 0.3) is 0 Å². The molecular formula is C45H71F29O3. The summed E-state index contributed by atoms with van der Waals surface area (Å²) in [5.74, 6) is -16.6. The molecule has 0 fully saturated rings. The average molecular weight is 1210 g/mol. The maximum Gasteiger partial charge on any atom is 0.420 e. The van der Waals surface area contributed by atoms with Gasteiger partial charge in [0.2, 0.25) is 0 Å². The molecule has 472 valence electrons. The van der Waals surface area contributed by atoms with Gasteiger partial charge in [0.1, 0.15) is 18.8 Å². The van der Waals surface area contributed by atoms with Crippen LogP contribution in [-0.4, -0.2) is 157 Å². The van der Waals surface area contributed by atoms with Crippen molar-refractivity contribution >= 4 is 0 Å². The summed E-state index contributed by atoms with van der Waals surface area (Å²) in [6, 6.07) is 0. The highest BCUT2D eigenvalue weighted by Crippen LogP contribution is 2.36. The first-order valence-corrected chi connectivity index (χ1v) is 18.8. The summed E-state index contributed by atoms with van der Waals surface area (Å²) in [4.78, 5) is 0. The van der Waals surface area contributed by atoms with Gasteiger partial charge in [0.15, 0.2) is 33.4 Å². The largest absolute Gasteiger partial charge is 0.420 e. The summed E-state index contributed by atoms with van der Waals surface area (Å²) in [5.41, 5.74) is -2.68. The van der Waals surface area contributed by atoms with Crippen LogP contribution in [0.2, 0.25) is 0 Å². The molecule has 0 aromatic rings. The molecule has 0 heterocycles. The summed E-state index contributed by atoms with van der Waals surface area (Å²) in [5, 5.41) is 0. The van der Waals surface area contributed by atoms with E-state index in [2.05, 4.69) is 93.2 Å². The predicted octanol–water partition coefficient (Wildman–Crippen LogP) is 19.1. The van der Waals surface area contributed by atoms with E-state index in [1.165, 1.54) is 18.2 Å². The SMILES string of the molecule is C=C.C=C.C=C.C=C(C(F)(F)F)C(F)(F)F.C=CC(F)(F)CF.C=CC(F)(F)CF.C=CC(F)(F)F.C=CCOCC(F)(F)CF.C=CCOCC(F)(F)CF.C=CCOCCC(F)(F)CF.CF.CF.CF.CF.CF. The molecule has 0 spiro atoms. The number of allylic oxidation sites excluding steroid dienone is 4. The summed E-state index contributed by atoms with van der Waals surface area (Å²) in [6.07, 6.45) is -10.9. The van der Waals surface area contributed by atoms with Gasteiger partial charge in [-0.1, -0.05) is 44.5 Å². The lowest BCUT2D eigenvalue weighted by Gasteiger charge is -2.12. The van der Waals surface area contributed by atoms with E-state index in [1.54, 1.807) is 0 Å². The van der Waals surface area contributed by atoms with Crippen LogP contribution in [-0.2, 0) is 14.2 Å². The normalized spacial score (nSPS) is 9.84. The smallest absolute Gasteiger partial charge is 0.377 e. The monoisotopic (exact) mass is 1210 g/mol. The second-order valence-corrected chi connectivity index (χ2v) is 10.1. The Hall–Kier alpha value is -4.75. The van der Waals surface area contributed by atoms with Crippen molar-refractivity contribution in [3.8, 4) is 0 Å². The summed E-state index contributed by atoms with van der Waals surface area (Å²) < 4.78 is 333. The van der Waals surface area contributed by atoms with Crippen LogP contribution in [0.4, 0.5) is 127 Å². The van der Waals surface area contributed by atoms with Crippen molar-refractivity contribution in [2.45, 2.75) is 54.6 Å². The van der Waals surface area contributed by atoms with Crippen LogP contribution in [0, 0.1) is 0 Å². The molecule has 77 heavy (non-hydrogen) atoms. The van der Waals surface area contributed by atoms with Gasteiger partial charge >= 0.3 is 18.5 Å². The van der Waals surface area contributed by atoms with Gasteiger partial charge < -0.3 is 14.2 Å². The first kappa shape index (κ1) is 112. The molecule has 0 aliphatic rings. The van der Waals surface area contributed by atoms with E-state index < -0.39 is 107 Å². The molecule has 0 N–H and O–H groups in total. The van der Waals surface area contributed by atoms with Crippen molar-refractivity contribution in [2.24, 2.45) is 0 Å². The van der Waals surface area contributed by atoms with Crippen LogP contribution < -0.4 is 0 Å². The number of halogens is 29. The molecule has 0 aromatic heterocycles. The van der Waals surface area contributed by atoms with Crippen molar-refractivity contribution in [3.63, 3.8) is 0 Å². The van der Waals surface area contributed by atoms with Gasteiger partial charge in [0, 0.05) is 12.5 Å². The van der Waals surface area contributed by atoms with E-state index in [1.807, 2.05) is 6.58 Å². The molecule has 0 aliphatic heterocycles. The lowest BCUT2D eigenvalue weighted by atomic mass is 10.3. The molecule has 0 amide bonds. The lowest BCUT2D eigenvalue weighted by molar-refractivity contribution is -0.171. The zero-order chi connectivity index (χ0) is 66.4. The van der Waals surface area contributed by atoms with Crippen LogP contribution in [0.3, 0.4) is 0 Å². The highest BCUT2D eigenvalue weighted by Gasteiger charge is 2.49. The molecule has 0 aromatic carbocycles. The van der Waals surface area contributed by atoms with Crippen molar-refractivity contribution in [1.29, 1.82) is 0 Å². The number of hydrogen-bond acceptors (Lipinski definition) is 3. The van der Waals surface area contributed by atoms with E-state index in [0.29, 0.717) is 35.9 Å². The minimum Gasteiger partial charge on any atom is -0.377 e. The standard InChI is InChI=1S/C7H11F3O.2C6H9F3O.C4H2F6.2C4H5F3.C3H3F3.3C2H4.5CH3F/c1-2-4-11-5-3-7(9,10)6-8;2*1-2-3-10-5-6(8,9)4-7;1-2(3(5,6)7)4(8,9)10;2*1-2-4(6,7)3-5;1-2-3(4,5)6;8*1-2/h2H,1,3-6H2;2*2H,1,3-5H2;1H2;2*2H,1,3H2;2H,1H2;3*1-2H2;5*1H3. The molecule has 0 rings (SSSR count). The zero-order valence-corrected chi connectivity index (χ0v) is 42.8. The van der Waals surface area contributed by atoms with E-state index in [4.69, 9.17) is 0 Å². The summed E-state index contributed by atoms with van der Waals surface area (Å²) in [6.45, 7) is 27.7. The predicted molar refractivity (Wildman–Crippen MR) is 249 cm³/mol. The van der Waals surface area contributed by atoms with Gasteiger partial charge in [-0.25, -0.2) is 48.3 Å². The molecule has 0 bridgehead atoms. The van der Waals surface area contributed by atoms with Crippen molar-refractivity contribution in [1.82, 2.24) is 0 Å². The van der Waals surface area contributed by atoms with Crippen LogP contribution >= 0.6 is 0 Å². The molecule has 3 nitrogen and oxygen atoms in total. The Morgan fingerprint density at radius 3 is 0.675 bits per heavy atom. The fourth-order valence-corrected chi connectivity index (χ4v) is 1.39. The Kier molecular flexibility index (Phi) is 113. The minimum absolute atomic E-state index is 0.0234. The van der Waals surface area contributed by atoms with E-state index in [0.717, 1.165) is 0 Å². The van der Waals surface area contributed by atoms with Gasteiger partial charge in [-0.2, -0.15) is 57.1 Å². The molecule has 0 atom stereocenters. The van der Waals surface area contributed by atoms with Gasteiger partial charge in [-0.05, 0) is 12.2 Å². The number of hydrogen-bond donors (Lipinski definition) is 0. The fraction of sp³-hybridized carbons (Fsp3) is 0.556. The Morgan fingerprint density at radius 2 is 0.558 bits per heavy atom. The molecule has 0 saturated carbocycles. The third kappa shape index (κ3) is 135. The molecule has 32 heteroatoms. The lowest BCUT2D eigenvalue weighted by Crippen LogP contribution is -2.25. The van der Waals surface area contributed by atoms with Crippen LogP contribution in [0.5, 0.6) is 0 Å². The Balaban J connectivity index is -0.0000000431. The van der Waals surface area contributed by atoms with Crippen LogP contribution in [0.1, 0.15) is 6.42 Å². The Bertz CT molecular complexity index is 1130. The van der Waals surface area contributed by atoms with Crippen LogP contribution in [0.15, 0.2) is 128 Å². The van der Waals surface area contributed by atoms with Gasteiger partial charge in [0.05, 0.1) is 62.3 Å². The molecule has 0 radical (unpaired) electrons. The zero-order valence-electron chi connectivity index (χ0n) is 42.8. The van der Waals surface area contributed by atoms with Gasteiger partial charge in [-0.3, -0.25) is 22.0 Å². The second-order valence-electron chi connectivity index (χ2n) is 10.1. The molecule has 0 saturated heterocycles. The van der Waals surface area contributed by atoms with Crippen molar-refractivity contribution in [3.05, 3.63) is 128 Å². The summed E-state index contributed by atoms with van der Waals surface area (Å²) in [7, 11) is 2.50. The maximum atomic E-state index is 12.1. The fourth-order valence-electron chi connectivity index (χ4n) is 1.39. The van der Waals surface area contributed by atoms with Crippen molar-refractivity contribution < 1.29 is 142 Å². The van der Waals surface area contributed by atoms with E-state index >= 15 is 0 Å². The highest BCUT2D eigenvalue weighted by molar-refractivity contribution is 5.09. The number of alkyl halides is 29. The quantitative estimate of drug-likeness (QED) is 0.0691. The number of ether oxygens (including phenoxy) is 3. The summed E-state index contributed by atoms with van der Waals surface area (Å²) >= 11 is 0. The Labute approximate surface area is 432 Å².